The third-order valence-corrected chi connectivity index (χ3v) is 2.90. The molecule has 7 heteroatoms. The van der Waals surface area contributed by atoms with Crippen LogP contribution >= 0.6 is 11.6 Å². The average Bonchev–Trinajstić information content (AvgIpc) is 2.35. The number of hydrogen-bond donors (Lipinski definition) is 2. The summed E-state index contributed by atoms with van der Waals surface area (Å²) in [4.78, 5) is 11.6. The number of carbonyl (C=O) groups excluding carboxylic acids is 1. The Hall–Kier alpha value is -1.27. The van der Waals surface area contributed by atoms with E-state index in [1.807, 2.05) is 0 Å². The summed E-state index contributed by atoms with van der Waals surface area (Å²) in [5.74, 6) is -0.449. The first kappa shape index (κ1) is 16.8. The molecule has 0 radical (unpaired) electrons. The lowest BCUT2D eigenvalue weighted by atomic mass is 10.1. The van der Waals surface area contributed by atoms with Crippen molar-refractivity contribution in [2.75, 3.05) is 11.9 Å². The molecule has 0 saturated carbocycles. The molecule has 3 nitrogen and oxygen atoms in total. The Balaban J connectivity index is 2.70. The maximum Gasteiger partial charge on any atom is 0.418 e. The first-order valence-electron chi connectivity index (χ1n) is 6.21. The van der Waals surface area contributed by atoms with Crippen molar-refractivity contribution in [3.8, 4) is 0 Å². The Labute approximate surface area is 120 Å². The van der Waals surface area contributed by atoms with Gasteiger partial charge in [0.15, 0.2) is 0 Å². The highest BCUT2D eigenvalue weighted by Crippen LogP contribution is 2.36. The zero-order valence-electron chi connectivity index (χ0n) is 10.8. The molecule has 0 atom stereocenters. The highest BCUT2D eigenvalue weighted by Gasteiger charge is 2.34. The van der Waals surface area contributed by atoms with E-state index in [1.165, 1.54) is 6.07 Å². The van der Waals surface area contributed by atoms with Crippen molar-refractivity contribution in [3.63, 3.8) is 0 Å². The normalized spacial score (nSPS) is 11.4. The first-order valence-corrected chi connectivity index (χ1v) is 6.59. The number of nitrogens with two attached hydrogens (primary N) is 1. The Morgan fingerprint density at radius 1 is 1.25 bits per heavy atom. The van der Waals surface area contributed by atoms with E-state index in [9.17, 15) is 18.0 Å². The zero-order valence-corrected chi connectivity index (χ0v) is 11.5. The van der Waals surface area contributed by atoms with E-state index in [1.54, 1.807) is 0 Å². The summed E-state index contributed by atoms with van der Waals surface area (Å²) in [6.45, 7) is 0.539. The number of nitrogens with one attached hydrogen (secondary N) is 1. The summed E-state index contributed by atoms with van der Waals surface area (Å²) in [6.07, 6.45) is -2.23. The summed E-state index contributed by atoms with van der Waals surface area (Å²) < 4.78 is 38.4. The SMILES string of the molecule is NCCCCCC(=O)Nc1ccc(Cl)cc1C(F)(F)F. The number of alkyl halides is 3. The molecule has 0 aliphatic heterocycles. The molecule has 0 aromatic heterocycles. The number of benzene rings is 1. The highest BCUT2D eigenvalue weighted by atomic mass is 35.5. The third-order valence-electron chi connectivity index (χ3n) is 2.67. The van der Waals surface area contributed by atoms with Crippen LogP contribution in [0.5, 0.6) is 0 Å². The minimum atomic E-state index is -4.56. The van der Waals surface area contributed by atoms with Crippen molar-refractivity contribution in [3.05, 3.63) is 28.8 Å². The predicted octanol–water partition coefficient (Wildman–Crippen LogP) is 3.82. The molecule has 0 aliphatic carbocycles. The molecule has 0 spiro atoms. The van der Waals surface area contributed by atoms with Crippen LogP contribution in [-0.2, 0) is 11.0 Å². The second-order valence-electron chi connectivity index (χ2n) is 4.34. The molecular weight excluding hydrogens is 293 g/mol. The van der Waals surface area contributed by atoms with Crippen LogP contribution in [-0.4, -0.2) is 12.5 Å². The maximum atomic E-state index is 12.8. The molecule has 1 amide bonds. The van der Waals surface area contributed by atoms with Crippen molar-refractivity contribution in [2.45, 2.75) is 31.9 Å². The molecule has 0 heterocycles. The van der Waals surface area contributed by atoms with Crippen LogP contribution in [0, 0.1) is 0 Å². The van der Waals surface area contributed by atoms with Crippen LogP contribution in [0.25, 0.3) is 0 Å². The standard InChI is InChI=1S/C13H16ClF3N2O/c14-9-5-6-11(10(8-9)13(15,16)17)19-12(20)4-2-1-3-7-18/h5-6,8H,1-4,7,18H2,(H,19,20). The molecule has 20 heavy (non-hydrogen) atoms. The van der Waals surface area contributed by atoms with Crippen LogP contribution in [0.4, 0.5) is 18.9 Å². The van der Waals surface area contributed by atoms with Gasteiger partial charge in [-0.2, -0.15) is 13.2 Å². The van der Waals surface area contributed by atoms with Crippen LogP contribution in [0.1, 0.15) is 31.2 Å². The van der Waals surface area contributed by atoms with E-state index >= 15 is 0 Å². The third kappa shape index (κ3) is 5.38. The summed E-state index contributed by atoms with van der Waals surface area (Å²) >= 11 is 5.55. The van der Waals surface area contributed by atoms with Gasteiger partial charge in [0.25, 0.3) is 0 Å². The molecule has 1 aromatic carbocycles. The number of hydrogen-bond acceptors (Lipinski definition) is 2. The molecule has 0 bridgehead atoms. The van der Waals surface area contributed by atoms with E-state index in [-0.39, 0.29) is 17.1 Å². The zero-order chi connectivity index (χ0) is 15.2. The fourth-order valence-electron chi connectivity index (χ4n) is 1.68. The van der Waals surface area contributed by atoms with E-state index in [4.69, 9.17) is 17.3 Å². The highest BCUT2D eigenvalue weighted by molar-refractivity contribution is 6.30. The largest absolute Gasteiger partial charge is 0.418 e. The van der Waals surface area contributed by atoms with Crippen molar-refractivity contribution in [1.82, 2.24) is 0 Å². The van der Waals surface area contributed by atoms with Gasteiger partial charge < -0.3 is 11.1 Å². The summed E-state index contributed by atoms with van der Waals surface area (Å²) in [7, 11) is 0. The number of unbranched alkanes of at least 4 members (excludes halogenated alkanes) is 2. The van der Waals surface area contributed by atoms with E-state index in [0.29, 0.717) is 13.0 Å². The number of amides is 1. The van der Waals surface area contributed by atoms with Crippen molar-refractivity contribution in [2.24, 2.45) is 5.73 Å². The Morgan fingerprint density at radius 3 is 2.55 bits per heavy atom. The lowest BCUT2D eigenvalue weighted by Gasteiger charge is -2.14. The van der Waals surface area contributed by atoms with E-state index < -0.39 is 17.6 Å². The number of anilines is 1. The fraction of sp³-hybridized carbons (Fsp3) is 0.462. The van der Waals surface area contributed by atoms with Gasteiger partial charge in [-0.15, -0.1) is 0 Å². The summed E-state index contributed by atoms with van der Waals surface area (Å²) in [6, 6.07) is 3.26. The Kier molecular flexibility index (Phi) is 6.29. The van der Waals surface area contributed by atoms with Gasteiger partial charge in [-0.05, 0) is 37.6 Å². The van der Waals surface area contributed by atoms with Gasteiger partial charge in [0.05, 0.1) is 11.3 Å². The predicted molar refractivity (Wildman–Crippen MR) is 72.6 cm³/mol. The van der Waals surface area contributed by atoms with Gasteiger partial charge in [0.2, 0.25) is 5.91 Å². The van der Waals surface area contributed by atoms with Crippen LogP contribution in [0.15, 0.2) is 18.2 Å². The van der Waals surface area contributed by atoms with Gasteiger partial charge in [0.1, 0.15) is 0 Å². The molecule has 3 N–H and O–H groups in total. The summed E-state index contributed by atoms with van der Waals surface area (Å²) in [5, 5.41) is 2.24. The second-order valence-corrected chi connectivity index (χ2v) is 4.77. The first-order chi connectivity index (χ1) is 9.34. The topological polar surface area (TPSA) is 55.1 Å². The number of halogens is 4. The molecule has 0 unspecified atom stereocenters. The van der Waals surface area contributed by atoms with Gasteiger partial charge in [-0.3, -0.25) is 4.79 Å². The molecule has 0 saturated heterocycles. The monoisotopic (exact) mass is 308 g/mol. The summed E-state index contributed by atoms with van der Waals surface area (Å²) in [5.41, 5.74) is 4.10. The average molecular weight is 309 g/mol. The Bertz CT molecular complexity index is 463. The van der Waals surface area contributed by atoms with Gasteiger partial charge in [-0.1, -0.05) is 18.0 Å². The van der Waals surface area contributed by atoms with Crippen LogP contribution in [0.2, 0.25) is 5.02 Å². The van der Waals surface area contributed by atoms with E-state index in [0.717, 1.165) is 25.0 Å². The number of rotatable bonds is 6. The molecule has 1 aromatic rings. The van der Waals surface area contributed by atoms with Crippen molar-refractivity contribution in [1.29, 1.82) is 0 Å². The van der Waals surface area contributed by atoms with Crippen molar-refractivity contribution < 1.29 is 18.0 Å². The van der Waals surface area contributed by atoms with Gasteiger partial charge in [0, 0.05) is 11.4 Å². The molecular formula is C13H16ClF3N2O. The van der Waals surface area contributed by atoms with Gasteiger partial charge in [-0.25, -0.2) is 0 Å². The van der Waals surface area contributed by atoms with Crippen LogP contribution < -0.4 is 11.1 Å². The Morgan fingerprint density at radius 2 is 1.95 bits per heavy atom. The minimum absolute atomic E-state index is 0.0294. The van der Waals surface area contributed by atoms with E-state index in [2.05, 4.69) is 5.32 Å². The van der Waals surface area contributed by atoms with Crippen LogP contribution in [0.3, 0.4) is 0 Å². The number of carbonyl (C=O) groups is 1. The van der Waals surface area contributed by atoms with Crippen molar-refractivity contribution >= 4 is 23.2 Å². The minimum Gasteiger partial charge on any atom is -0.330 e. The molecule has 1 rings (SSSR count). The molecule has 0 aliphatic rings. The second kappa shape index (κ2) is 7.50. The molecule has 112 valence electrons. The quantitative estimate of drug-likeness (QED) is 0.785. The molecule has 0 fully saturated rings. The lowest BCUT2D eigenvalue weighted by Crippen LogP contribution is -2.16. The maximum absolute atomic E-state index is 12.8. The fourth-order valence-corrected chi connectivity index (χ4v) is 1.85. The lowest BCUT2D eigenvalue weighted by molar-refractivity contribution is -0.137. The van der Waals surface area contributed by atoms with Gasteiger partial charge >= 0.3 is 6.18 Å². The smallest absolute Gasteiger partial charge is 0.330 e.